The van der Waals surface area contributed by atoms with Crippen molar-refractivity contribution in [2.45, 2.75) is 19.4 Å². The minimum atomic E-state index is -0.389. The van der Waals surface area contributed by atoms with Gasteiger partial charge >= 0.3 is 0 Å². The number of amides is 2. The zero-order valence-electron chi connectivity index (χ0n) is 11.6. The molecular weight excluding hydrogens is 232 g/mol. The van der Waals surface area contributed by atoms with Gasteiger partial charge in [-0.15, -0.1) is 0 Å². The van der Waals surface area contributed by atoms with E-state index in [0.717, 1.165) is 13.1 Å². The van der Waals surface area contributed by atoms with Crippen LogP contribution in [0.2, 0.25) is 0 Å². The lowest BCUT2D eigenvalue weighted by molar-refractivity contribution is -0.135. The van der Waals surface area contributed by atoms with Crippen LogP contribution in [0.25, 0.3) is 0 Å². The Hall–Kier alpha value is -1.14. The molecule has 18 heavy (non-hydrogen) atoms. The van der Waals surface area contributed by atoms with E-state index in [2.05, 4.69) is 4.90 Å². The summed E-state index contributed by atoms with van der Waals surface area (Å²) in [7, 11) is 3.50. The number of nitrogens with two attached hydrogens (primary N) is 1. The molecule has 0 saturated carbocycles. The Bertz CT molecular complexity index is 298. The Labute approximate surface area is 109 Å². The van der Waals surface area contributed by atoms with Crippen molar-refractivity contribution in [1.29, 1.82) is 0 Å². The number of rotatable bonds is 4. The van der Waals surface area contributed by atoms with E-state index >= 15 is 0 Å². The average Bonchev–Trinajstić information content (AvgIpc) is 2.37. The van der Waals surface area contributed by atoms with Gasteiger partial charge in [0.2, 0.25) is 11.8 Å². The van der Waals surface area contributed by atoms with Crippen LogP contribution in [0.3, 0.4) is 0 Å². The molecule has 0 bridgehead atoms. The van der Waals surface area contributed by atoms with E-state index in [9.17, 15) is 9.59 Å². The van der Waals surface area contributed by atoms with Gasteiger partial charge in [0.05, 0.1) is 12.6 Å². The highest BCUT2D eigenvalue weighted by Crippen LogP contribution is 2.05. The second-order valence-corrected chi connectivity index (χ2v) is 4.90. The van der Waals surface area contributed by atoms with E-state index < -0.39 is 0 Å². The lowest BCUT2D eigenvalue weighted by atomic mass is 10.2. The zero-order valence-corrected chi connectivity index (χ0v) is 11.6. The SMILES string of the molecule is CCC(N)C(=O)N1CCN(CC(=O)N(C)C)CC1. The highest BCUT2D eigenvalue weighted by atomic mass is 16.2. The zero-order chi connectivity index (χ0) is 13.7. The number of carbonyl (C=O) groups is 2. The topological polar surface area (TPSA) is 69.9 Å². The summed E-state index contributed by atoms with van der Waals surface area (Å²) in [6, 6.07) is -0.389. The van der Waals surface area contributed by atoms with Gasteiger partial charge in [0.15, 0.2) is 0 Å². The molecule has 1 saturated heterocycles. The fraction of sp³-hybridized carbons (Fsp3) is 0.833. The molecule has 1 unspecified atom stereocenters. The minimum absolute atomic E-state index is 0.0242. The van der Waals surface area contributed by atoms with Crippen LogP contribution in [0.1, 0.15) is 13.3 Å². The van der Waals surface area contributed by atoms with Gasteiger partial charge in [0, 0.05) is 40.3 Å². The predicted octanol–water partition coefficient (Wildman–Crippen LogP) is -1.04. The van der Waals surface area contributed by atoms with E-state index in [-0.39, 0.29) is 17.9 Å². The van der Waals surface area contributed by atoms with Crippen LogP contribution >= 0.6 is 0 Å². The number of piperazine rings is 1. The lowest BCUT2D eigenvalue weighted by Crippen LogP contribution is -2.54. The summed E-state index contributed by atoms with van der Waals surface area (Å²) in [4.78, 5) is 28.9. The highest BCUT2D eigenvalue weighted by molar-refractivity contribution is 5.81. The Morgan fingerprint density at radius 2 is 1.78 bits per heavy atom. The van der Waals surface area contributed by atoms with Gasteiger partial charge < -0.3 is 15.5 Å². The second kappa shape index (κ2) is 6.70. The number of hydrogen-bond acceptors (Lipinski definition) is 4. The Morgan fingerprint density at radius 3 is 2.22 bits per heavy atom. The molecule has 1 heterocycles. The maximum atomic E-state index is 11.9. The minimum Gasteiger partial charge on any atom is -0.348 e. The molecule has 2 amide bonds. The number of hydrogen-bond donors (Lipinski definition) is 1. The molecule has 0 aromatic heterocycles. The summed E-state index contributed by atoms with van der Waals surface area (Å²) in [5.74, 6) is 0.121. The van der Waals surface area contributed by atoms with E-state index in [1.165, 1.54) is 0 Å². The number of likely N-dealkylation sites (N-methyl/N-ethyl adjacent to an activating group) is 1. The highest BCUT2D eigenvalue weighted by Gasteiger charge is 2.25. The summed E-state index contributed by atoms with van der Waals surface area (Å²) >= 11 is 0. The van der Waals surface area contributed by atoms with Crippen LogP contribution in [-0.2, 0) is 9.59 Å². The molecule has 104 valence electrons. The molecule has 0 aromatic carbocycles. The molecule has 1 aliphatic heterocycles. The molecule has 0 spiro atoms. The molecule has 0 radical (unpaired) electrons. The predicted molar refractivity (Wildman–Crippen MR) is 70.0 cm³/mol. The van der Waals surface area contributed by atoms with Gasteiger partial charge in [0.25, 0.3) is 0 Å². The third-order valence-electron chi connectivity index (χ3n) is 3.30. The van der Waals surface area contributed by atoms with Gasteiger partial charge in [-0.1, -0.05) is 6.92 Å². The van der Waals surface area contributed by atoms with Crippen molar-refractivity contribution >= 4 is 11.8 Å². The molecular formula is C12H24N4O2. The normalized spacial score (nSPS) is 18.6. The van der Waals surface area contributed by atoms with Gasteiger partial charge in [-0.2, -0.15) is 0 Å². The van der Waals surface area contributed by atoms with Crippen molar-refractivity contribution < 1.29 is 9.59 Å². The largest absolute Gasteiger partial charge is 0.348 e. The summed E-state index contributed by atoms with van der Waals surface area (Å²) in [5.41, 5.74) is 5.74. The summed E-state index contributed by atoms with van der Waals surface area (Å²) in [6.07, 6.45) is 0.665. The van der Waals surface area contributed by atoms with Crippen molar-refractivity contribution in [1.82, 2.24) is 14.7 Å². The molecule has 6 heteroatoms. The van der Waals surface area contributed by atoms with Crippen LogP contribution in [-0.4, -0.2) is 79.4 Å². The van der Waals surface area contributed by atoms with Crippen LogP contribution in [0.15, 0.2) is 0 Å². The van der Waals surface area contributed by atoms with Crippen LogP contribution in [0.4, 0.5) is 0 Å². The van der Waals surface area contributed by atoms with E-state index in [1.807, 2.05) is 6.92 Å². The lowest BCUT2D eigenvalue weighted by Gasteiger charge is -2.35. The smallest absolute Gasteiger partial charge is 0.239 e. The van der Waals surface area contributed by atoms with Crippen molar-refractivity contribution in [2.24, 2.45) is 5.73 Å². The fourth-order valence-corrected chi connectivity index (χ4v) is 1.87. The van der Waals surface area contributed by atoms with Crippen molar-refractivity contribution in [3.8, 4) is 0 Å². The molecule has 1 atom stereocenters. The molecule has 0 aliphatic carbocycles. The summed E-state index contributed by atoms with van der Waals surface area (Å²) in [6.45, 7) is 5.13. The van der Waals surface area contributed by atoms with Crippen LogP contribution < -0.4 is 5.73 Å². The molecule has 0 aromatic rings. The van der Waals surface area contributed by atoms with Crippen molar-refractivity contribution in [3.05, 3.63) is 0 Å². The monoisotopic (exact) mass is 256 g/mol. The first kappa shape index (κ1) is 14.9. The second-order valence-electron chi connectivity index (χ2n) is 4.90. The van der Waals surface area contributed by atoms with Crippen molar-refractivity contribution in [2.75, 3.05) is 46.8 Å². The summed E-state index contributed by atoms with van der Waals surface area (Å²) < 4.78 is 0. The first-order chi connectivity index (χ1) is 8.45. The molecule has 1 aliphatic rings. The maximum absolute atomic E-state index is 11.9. The molecule has 1 rings (SSSR count). The molecule has 1 fully saturated rings. The van der Waals surface area contributed by atoms with Gasteiger partial charge in [0.1, 0.15) is 0 Å². The molecule has 2 N–H and O–H groups in total. The Balaban J connectivity index is 2.37. The average molecular weight is 256 g/mol. The Kier molecular flexibility index (Phi) is 5.55. The van der Waals surface area contributed by atoms with Gasteiger partial charge in [-0.25, -0.2) is 0 Å². The fourth-order valence-electron chi connectivity index (χ4n) is 1.87. The number of nitrogens with zero attached hydrogens (tertiary/aromatic N) is 3. The quantitative estimate of drug-likeness (QED) is 0.697. The number of carbonyl (C=O) groups excluding carboxylic acids is 2. The summed E-state index contributed by atoms with van der Waals surface area (Å²) in [5, 5.41) is 0. The van der Waals surface area contributed by atoms with Crippen molar-refractivity contribution in [3.63, 3.8) is 0 Å². The van der Waals surface area contributed by atoms with Gasteiger partial charge in [-0.3, -0.25) is 14.5 Å². The first-order valence-corrected chi connectivity index (χ1v) is 6.42. The Morgan fingerprint density at radius 1 is 1.22 bits per heavy atom. The first-order valence-electron chi connectivity index (χ1n) is 6.42. The van der Waals surface area contributed by atoms with E-state index in [1.54, 1.807) is 23.9 Å². The van der Waals surface area contributed by atoms with Gasteiger partial charge in [-0.05, 0) is 6.42 Å². The molecule has 6 nitrogen and oxygen atoms in total. The van der Waals surface area contributed by atoms with E-state index in [4.69, 9.17) is 5.73 Å². The van der Waals surface area contributed by atoms with E-state index in [0.29, 0.717) is 26.1 Å². The van der Waals surface area contributed by atoms with Crippen LogP contribution in [0, 0.1) is 0 Å². The third-order valence-corrected chi connectivity index (χ3v) is 3.30. The standard InChI is InChI=1S/C12H24N4O2/c1-4-10(13)12(18)16-7-5-15(6-8-16)9-11(17)14(2)3/h10H,4-9,13H2,1-3H3. The third kappa shape index (κ3) is 3.96. The maximum Gasteiger partial charge on any atom is 0.239 e. The van der Waals surface area contributed by atoms with Crippen LogP contribution in [0.5, 0.6) is 0 Å².